The molecule has 0 fully saturated rings. The van der Waals surface area contributed by atoms with Gasteiger partial charge in [-0.3, -0.25) is 9.59 Å². The lowest BCUT2D eigenvalue weighted by molar-refractivity contribution is -0.118. The summed E-state index contributed by atoms with van der Waals surface area (Å²) in [5.41, 5.74) is 0.609. The van der Waals surface area contributed by atoms with E-state index in [9.17, 15) is 9.59 Å². The Hall–Kier alpha value is -2.63. The Balaban J connectivity index is 1.90. The summed E-state index contributed by atoms with van der Waals surface area (Å²) in [5.74, 6) is 0.900. The zero-order valence-corrected chi connectivity index (χ0v) is 12.9. The molecule has 0 aliphatic rings. The molecule has 1 N–H and O–H groups in total. The van der Waals surface area contributed by atoms with Gasteiger partial charge >= 0.3 is 0 Å². The smallest absolute Gasteiger partial charge is 0.263 e. The Morgan fingerprint density at radius 2 is 1.91 bits per heavy atom. The van der Waals surface area contributed by atoms with Crippen LogP contribution < -0.4 is 10.1 Å². The molecule has 1 aromatic carbocycles. The van der Waals surface area contributed by atoms with Crippen molar-refractivity contribution in [2.75, 3.05) is 11.9 Å². The van der Waals surface area contributed by atoms with E-state index in [0.29, 0.717) is 17.1 Å². The molecule has 0 aliphatic carbocycles. The lowest BCUT2D eigenvalue weighted by atomic mass is 10.1. The maximum atomic E-state index is 11.9. The number of benzene rings is 1. The molecule has 0 bridgehead atoms. The van der Waals surface area contributed by atoms with Gasteiger partial charge in [-0.1, -0.05) is 0 Å². The number of carbonyl (C=O) groups is 2. The number of hydrogen-bond donors (Lipinski definition) is 1. The molecule has 0 radical (unpaired) electrons. The van der Waals surface area contributed by atoms with Gasteiger partial charge in [-0.25, -0.2) is 4.68 Å². The number of hydrogen-bond acceptors (Lipinski definition) is 4. The number of Topliss-reactive ketones (excluding diaryl/α,β-unsaturated/α-hetero) is 1. The van der Waals surface area contributed by atoms with Crippen LogP contribution in [0, 0.1) is 0 Å². The van der Waals surface area contributed by atoms with Crippen molar-refractivity contribution in [1.82, 2.24) is 9.78 Å². The van der Waals surface area contributed by atoms with Gasteiger partial charge in [0.25, 0.3) is 5.91 Å². The summed E-state index contributed by atoms with van der Waals surface area (Å²) >= 11 is 0. The predicted octanol–water partition coefficient (Wildman–Crippen LogP) is 2.68. The van der Waals surface area contributed by atoms with Gasteiger partial charge in [-0.15, -0.1) is 0 Å². The summed E-state index contributed by atoms with van der Waals surface area (Å²) in [7, 11) is 0. The van der Waals surface area contributed by atoms with Gasteiger partial charge in [-0.2, -0.15) is 5.10 Å². The van der Waals surface area contributed by atoms with Crippen LogP contribution in [0.3, 0.4) is 0 Å². The minimum Gasteiger partial charge on any atom is -0.484 e. The van der Waals surface area contributed by atoms with Crippen LogP contribution >= 0.6 is 0 Å². The van der Waals surface area contributed by atoms with Crippen molar-refractivity contribution < 1.29 is 14.3 Å². The Kier molecular flexibility index (Phi) is 4.93. The number of ketones is 1. The molecule has 1 aromatic heterocycles. The van der Waals surface area contributed by atoms with Gasteiger partial charge in [0.1, 0.15) is 11.6 Å². The van der Waals surface area contributed by atoms with Crippen molar-refractivity contribution in [3.05, 3.63) is 42.1 Å². The first-order valence-corrected chi connectivity index (χ1v) is 7.04. The van der Waals surface area contributed by atoms with Crippen LogP contribution in [0.2, 0.25) is 0 Å². The van der Waals surface area contributed by atoms with Crippen LogP contribution in [0.4, 0.5) is 5.82 Å². The Morgan fingerprint density at radius 3 is 2.50 bits per heavy atom. The SMILES string of the molecule is CC(=O)c1ccc(OCC(=O)Nc2ccnn2C(C)C)cc1. The first kappa shape index (κ1) is 15.8. The minimum atomic E-state index is -0.266. The quantitative estimate of drug-likeness (QED) is 0.833. The summed E-state index contributed by atoms with van der Waals surface area (Å²) in [5, 5.41) is 6.90. The molecule has 0 aliphatic heterocycles. The number of ether oxygens (including phenoxy) is 1. The fraction of sp³-hybridized carbons (Fsp3) is 0.312. The maximum absolute atomic E-state index is 11.9. The topological polar surface area (TPSA) is 73.2 Å². The summed E-state index contributed by atoms with van der Waals surface area (Å²) in [6.07, 6.45) is 1.64. The highest BCUT2D eigenvalue weighted by Crippen LogP contribution is 2.14. The molecule has 6 heteroatoms. The van der Waals surface area contributed by atoms with Gasteiger partial charge < -0.3 is 10.1 Å². The van der Waals surface area contributed by atoms with E-state index in [4.69, 9.17) is 4.74 Å². The van der Waals surface area contributed by atoms with Crippen molar-refractivity contribution in [3.63, 3.8) is 0 Å². The highest BCUT2D eigenvalue weighted by Gasteiger charge is 2.10. The first-order valence-electron chi connectivity index (χ1n) is 7.04. The molecule has 0 unspecified atom stereocenters. The number of aromatic nitrogens is 2. The molecule has 116 valence electrons. The molecule has 0 atom stereocenters. The average Bonchev–Trinajstić information content (AvgIpc) is 2.94. The monoisotopic (exact) mass is 301 g/mol. The summed E-state index contributed by atoms with van der Waals surface area (Å²) in [6, 6.07) is 8.57. The second-order valence-corrected chi connectivity index (χ2v) is 5.17. The summed E-state index contributed by atoms with van der Waals surface area (Å²) in [6.45, 7) is 5.36. The van der Waals surface area contributed by atoms with E-state index < -0.39 is 0 Å². The molecule has 2 aromatic rings. The zero-order chi connectivity index (χ0) is 16.1. The van der Waals surface area contributed by atoms with E-state index >= 15 is 0 Å². The molecular formula is C16H19N3O3. The fourth-order valence-electron chi connectivity index (χ4n) is 1.94. The van der Waals surface area contributed by atoms with Crippen molar-refractivity contribution in [2.45, 2.75) is 26.8 Å². The van der Waals surface area contributed by atoms with Crippen molar-refractivity contribution in [1.29, 1.82) is 0 Å². The minimum absolute atomic E-state index is 0.00811. The van der Waals surface area contributed by atoms with Crippen LogP contribution in [0.1, 0.15) is 37.2 Å². The van der Waals surface area contributed by atoms with Crippen LogP contribution in [0.15, 0.2) is 36.5 Å². The molecule has 1 amide bonds. The van der Waals surface area contributed by atoms with E-state index in [1.807, 2.05) is 13.8 Å². The molecule has 6 nitrogen and oxygen atoms in total. The summed E-state index contributed by atoms with van der Waals surface area (Å²) in [4.78, 5) is 23.1. The molecule has 1 heterocycles. The normalized spacial score (nSPS) is 10.5. The zero-order valence-electron chi connectivity index (χ0n) is 12.9. The van der Waals surface area contributed by atoms with E-state index in [2.05, 4.69) is 10.4 Å². The third-order valence-electron chi connectivity index (χ3n) is 3.06. The number of nitrogens with zero attached hydrogens (tertiary/aromatic N) is 2. The molecule has 22 heavy (non-hydrogen) atoms. The number of amides is 1. The van der Waals surface area contributed by atoms with Crippen molar-refractivity contribution in [3.8, 4) is 5.75 Å². The van der Waals surface area contributed by atoms with Gasteiger partial charge in [0, 0.05) is 17.7 Å². The highest BCUT2D eigenvalue weighted by molar-refractivity contribution is 5.94. The predicted molar refractivity (Wildman–Crippen MR) is 83.2 cm³/mol. The molecule has 0 spiro atoms. The van der Waals surface area contributed by atoms with Crippen LogP contribution in [-0.2, 0) is 4.79 Å². The average molecular weight is 301 g/mol. The Morgan fingerprint density at radius 1 is 1.23 bits per heavy atom. The number of nitrogens with one attached hydrogen (secondary N) is 1. The molecule has 0 saturated heterocycles. The number of anilines is 1. The number of carbonyl (C=O) groups excluding carboxylic acids is 2. The van der Waals surface area contributed by atoms with Gasteiger partial charge in [0.05, 0.1) is 6.20 Å². The fourth-order valence-corrected chi connectivity index (χ4v) is 1.94. The number of rotatable bonds is 6. The lowest BCUT2D eigenvalue weighted by Crippen LogP contribution is -2.22. The van der Waals surface area contributed by atoms with Gasteiger partial charge in [0.15, 0.2) is 12.4 Å². The largest absolute Gasteiger partial charge is 0.484 e. The maximum Gasteiger partial charge on any atom is 0.263 e. The second kappa shape index (κ2) is 6.89. The first-order chi connectivity index (χ1) is 10.5. The molecule has 0 saturated carbocycles. The summed E-state index contributed by atoms with van der Waals surface area (Å²) < 4.78 is 7.12. The Bertz CT molecular complexity index is 660. The molecular weight excluding hydrogens is 282 g/mol. The lowest BCUT2D eigenvalue weighted by Gasteiger charge is -2.12. The highest BCUT2D eigenvalue weighted by atomic mass is 16.5. The van der Waals surface area contributed by atoms with Crippen molar-refractivity contribution in [2.24, 2.45) is 0 Å². The molecule has 2 rings (SSSR count). The van der Waals surface area contributed by atoms with E-state index in [-0.39, 0.29) is 24.3 Å². The van der Waals surface area contributed by atoms with Crippen molar-refractivity contribution >= 4 is 17.5 Å². The van der Waals surface area contributed by atoms with E-state index in [1.54, 1.807) is 41.2 Å². The van der Waals surface area contributed by atoms with Crippen LogP contribution in [0.5, 0.6) is 5.75 Å². The van der Waals surface area contributed by atoms with E-state index in [1.165, 1.54) is 6.92 Å². The van der Waals surface area contributed by atoms with Gasteiger partial charge in [0.2, 0.25) is 0 Å². The van der Waals surface area contributed by atoms with Crippen LogP contribution in [-0.4, -0.2) is 28.1 Å². The second-order valence-electron chi connectivity index (χ2n) is 5.17. The third kappa shape index (κ3) is 3.94. The van der Waals surface area contributed by atoms with Gasteiger partial charge in [-0.05, 0) is 45.0 Å². The van der Waals surface area contributed by atoms with Crippen LogP contribution in [0.25, 0.3) is 0 Å². The third-order valence-corrected chi connectivity index (χ3v) is 3.06. The Labute approximate surface area is 129 Å². The standard InChI is InChI=1S/C16H19N3O3/c1-11(2)19-15(8-9-17-19)18-16(21)10-22-14-6-4-13(5-7-14)12(3)20/h4-9,11H,10H2,1-3H3,(H,18,21). The van der Waals surface area contributed by atoms with E-state index in [0.717, 1.165) is 0 Å².